The van der Waals surface area contributed by atoms with Crippen LogP contribution in [0.5, 0.6) is 5.75 Å². The number of sulfonamides is 1. The number of ether oxygens (including phenoxy) is 1. The van der Waals surface area contributed by atoms with E-state index in [0.717, 1.165) is 16.7 Å². The molecule has 25 heavy (non-hydrogen) atoms. The number of nitrogens with zero attached hydrogens (tertiary/aromatic N) is 1. The molecular weight excluding hydrogens is 356 g/mol. The lowest BCUT2D eigenvalue weighted by molar-refractivity contribution is 0.412. The van der Waals surface area contributed by atoms with Gasteiger partial charge in [-0.2, -0.15) is 8.42 Å². The molecule has 0 aliphatic heterocycles. The van der Waals surface area contributed by atoms with E-state index in [1.54, 1.807) is 17.4 Å². The van der Waals surface area contributed by atoms with Crippen LogP contribution in [0.2, 0.25) is 0 Å². The van der Waals surface area contributed by atoms with E-state index in [9.17, 15) is 8.42 Å². The maximum absolute atomic E-state index is 12.6. The molecule has 0 unspecified atom stereocenters. The fourth-order valence-corrected chi connectivity index (χ4v) is 4.11. The number of methoxy groups -OCH3 is 1. The standard InChI is InChI=1S/C18H18N2O3S2/c1-12-4-5-14(15-8-13(2)24-11-15)9-17(12)20-25(21,22)18-7-6-16(23-3)10-19-18/h4-11,20H,1-3H3. The van der Waals surface area contributed by atoms with E-state index in [1.165, 1.54) is 24.3 Å². The first kappa shape index (κ1) is 17.4. The number of hydrogen-bond donors (Lipinski definition) is 1. The van der Waals surface area contributed by atoms with Crippen LogP contribution < -0.4 is 9.46 Å². The number of aromatic nitrogens is 1. The Balaban J connectivity index is 1.93. The molecule has 0 bridgehead atoms. The first-order chi connectivity index (χ1) is 11.9. The number of thiophene rings is 1. The molecule has 5 nitrogen and oxygen atoms in total. The summed E-state index contributed by atoms with van der Waals surface area (Å²) in [7, 11) is -2.26. The van der Waals surface area contributed by atoms with Gasteiger partial charge in [0.1, 0.15) is 5.75 Å². The Morgan fingerprint density at radius 2 is 1.88 bits per heavy atom. The predicted octanol–water partition coefficient (Wildman–Crippen LogP) is 4.24. The van der Waals surface area contributed by atoms with Gasteiger partial charge in [0.2, 0.25) is 0 Å². The maximum Gasteiger partial charge on any atom is 0.279 e. The first-order valence-corrected chi connectivity index (χ1v) is 9.94. The molecule has 0 aliphatic carbocycles. The lowest BCUT2D eigenvalue weighted by Crippen LogP contribution is -2.15. The van der Waals surface area contributed by atoms with Crippen LogP contribution in [0, 0.1) is 13.8 Å². The van der Waals surface area contributed by atoms with Crippen molar-refractivity contribution in [2.45, 2.75) is 18.9 Å². The number of rotatable bonds is 5. The summed E-state index contributed by atoms with van der Waals surface area (Å²) in [5, 5.41) is 2.01. The maximum atomic E-state index is 12.6. The molecule has 2 heterocycles. The van der Waals surface area contributed by atoms with Crippen molar-refractivity contribution < 1.29 is 13.2 Å². The number of anilines is 1. The summed E-state index contributed by atoms with van der Waals surface area (Å²) in [6.45, 7) is 3.91. The Morgan fingerprint density at radius 3 is 2.48 bits per heavy atom. The lowest BCUT2D eigenvalue weighted by atomic mass is 10.1. The number of aryl methyl sites for hydroxylation is 2. The largest absolute Gasteiger partial charge is 0.495 e. The minimum Gasteiger partial charge on any atom is -0.495 e. The monoisotopic (exact) mass is 374 g/mol. The van der Waals surface area contributed by atoms with Crippen molar-refractivity contribution in [1.29, 1.82) is 0 Å². The lowest BCUT2D eigenvalue weighted by Gasteiger charge is -2.12. The Labute approximate surface area is 151 Å². The molecule has 7 heteroatoms. The molecule has 0 radical (unpaired) electrons. The molecule has 130 valence electrons. The highest BCUT2D eigenvalue weighted by Gasteiger charge is 2.17. The van der Waals surface area contributed by atoms with Crippen LogP contribution in [0.15, 0.2) is 53.0 Å². The van der Waals surface area contributed by atoms with E-state index >= 15 is 0 Å². The molecule has 1 aromatic carbocycles. The Hall–Kier alpha value is -2.38. The highest BCUT2D eigenvalue weighted by atomic mass is 32.2. The number of benzene rings is 1. The van der Waals surface area contributed by atoms with Crippen LogP contribution in [0.4, 0.5) is 5.69 Å². The second kappa shape index (κ2) is 6.85. The van der Waals surface area contributed by atoms with Crippen LogP contribution in [-0.2, 0) is 10.0 Å². The molecule has 0 amide bonds. The quantitative estimate of drug-likeness (QED) is 0.725. The fourth-order valence-electron chi connectivity index (χ4n) is 2.35. The third-order valence-electron chi connectivity index (χ3n) is 3.77. The van der Waals surface area contributed by atoms with E-state index in [1.807, 2.05) is 32.0 Å². The molecule has 2 aromatic heterocycles. The molecule has 0 aliphatic rings. The van der Waals surface area contributed by atoms with Crippen LogP contribution in [0.3, 0.4) is 0 Å². The van der Waals surface area contributed by atoms with Crippen LogP contribution in [0.25, 0.3) is 11.1 Å². The molecule has 0 saturated carbocycles. The predicted molar refractivity (Wildman–Crippen MR) is 101 cm³/mol. The van der Waals surface area contributed by atoms with Gasteiger partial charge in [0.05, 0.1) is 19.0 Å². The second-order valence-electron chi connectivity index (χ2n) is 5.62. The summed E-state index contributed by atoms with van der Waals surface area (Å²) in [6.07, 6.45) is 1.38. The topological polar surface area (TPSA) is 68.3 Å². The third kappa shape index (κ3) is 3.83. The SMILES string of the molecule is COc1ccc(S(=O)(=O)Nc2cc(-c3csc(C)c3)ccc2C)nc1. The van der Waals surface area contributed by atoms with Gasteiger partial charge in [0, 0.05) is 4.88 Å². The average molecular weight is 374 g/mol. The summed E-state index contributed by atoms with van der Waals surface area (Å²) in [6, 6.07) is 10.8. The molecule has 3 aromatic rings. The van der Waals surface area contributed by atoms with Gasteiger partial charge in [-0.3, -0.25) is 4.72 Å². The van der Waals surface area contributed by atoms with Crippen molar-refractivity contribution in [2.75, 3.05) is 11.8 Å². The van der Waals surface area contributed by atoms with Crippen molar-refractivity contribution in [1.82, 2.24) is 4.98 Å². The molecule has 0 fully saturated rings. The summed E-state index contributed by atoms with van der Waals surface area (Å²) in [5.74, 6) is 0.505. The van der Waals surface area contributed by atoms with Crippen LogP contribution in [0.1, 0.15) is 10.4 Å². The van der Waals surface area contributed by atoms with Crippen molar-refractivity contribution in [3.63, 3.8) is 0 Å². The number of hydrogen-bond acceptors (Lipinski definition) is 5. The first-order valence-electron chi connectivity index (χ1n) is 7.58. The third-order valence-corrected chi connectivity index (χ3v) is 5.91. The number of pyridine rings is 1. The minimum atomic E-state index is -3.77. The molecule has 1 N–H and O–H groups in total. The molecule has 0 saturated heterocycles. The van der Waals surface area contributed by atoms with E-state index < -0.39 is 10.0 Å². The van der Waals surface area contributed by atoms with E-state index in [4.69, 9.17) is 4.74 Å². The van der Waals surface area contributed by atoms with Crippen LogP contribution in [-0.4, -0.2) is 20.5 Å². The molecular formula is C18H18N2O3S2. The van der Waals surface area contributed by atoms with E-state index in [-0.39, 0.29) is 5.03 Å². The Bertz CT molecular complexity index is 993. The second-order valence-corrected chi connectivity index (χ2v) is 8.36. The summed E-state index contributed by atoms with van der Waals surface area (Å²) >= 11 is 1.66. The highest BCUT2D eigenvalue weighted by Crippen LogP contribution is 2.30. The Morgan fingerprint density at radius 1 is 1.08 bits per heavy atom. The van der Waals surface area contributed by atoms with Gasteiger partial charge in [-0.15, -0.1) is 11.3 Å². The Kier molecular flexibility index (Phi) is 4.78. The minimum absolute atomic E-state index is 0.0514. The van der Waals surface area contributed by atoms with Gasteiger partial charge in [-0.25, -0.2) is 4.98 Å². The van der Waals surface area contributed by atoms with Crippen LogP contribution >= 0.6 is 11.3 Å². The zero-order chi connectivity index (χ0) is 18.0. The van der Waals surface area contributed by atoms with Gasteiger partial charge in [0.25, 0.3) is 10.0 Å². The highest BCUT2D eigenvalue weighted by molar-refractivity contribution is 7.92. The zero-order valence-corrected chi connectivity index (χ0v) is 15.7. The molecule has 0 spiro atoms. The van der Waals surface area contributed by atoms with E-state index in [0.29, 0.717) is 11.4 Å². The van der Waals surface area contributed by atoms with Gasteiger partial charge in [-0.05, 0) is 60.2 Å². The van der Waals surface area contributed by atoms with Crippen molar-refractivity contribution in [3.05, 3.63) is 58.4 Å². The normalized spacial score (nSPS) is 11.3. The smallest absolute Gasteiger partial charge is 0.279 e. The summed E-state index contributed by atoms with van der Waals surface area (Å²) < 4.78 is 32.8. The summed E-state index contributed by atoms with van der Waals surface area (Å²) in [4.78, 5) is 5.17. The average Bonchev–Trinajstić information content (AvgIpc) is 3.03. The van der Waals surface area contributed by atoms with Gasteiger partial charge < -0.3 is 4.74 Å². The van der Waals surface area contributed by atoms with Crippen molar-refractivity contribution >= 4 is 27.0 Å². The fraction of sp³-hybridized carbons (Fsp3) is 0.167. The van der Waals surface area contributed by atoms with Gasteiger partial charge in [0.15, 0.2) is 5.03 Å². The molecule has 3 rings (SSSR count). The van der Waals surface area contributed by atoms with Gasteiger partial charge in [-0.1, -0.05) is 12.1 Å². The van der Waals surface area contributed by atoms with Gasteiger partial charge >= 0.3 is 0 Å². The summed E-state index contributed by atoms with van der Waals surface area (Å²) in [5.41, 5.74) is 3.42. The molecule has 0 atom stereocenters. The van der Waals surface area contributed by atoms with Crippen molar-refractivity contribution in [3.8, 4) is 16.9 Å². The van der Waals surface area contributed by atoms with Crippen molar-refractivity contribution in [2.24, 2.45) is 0 Å². The zero-order valence-electron chi connectivity index (χ0n) is 14.1. The number of nitrogens with one attached hydrogen (secondary N) is 1. The van der Waals surface area contributed by atoms with E-state index in [2.05, 4.69) is 21.2 Å².